The second-order valence-corrected chi connectivity index (χ2v) is 6.94. The van der Waals surface area contributed by atoms with Gasteiger partial charge >= 0.3 is 0 Å². The third-order valence-electron chi connectivity index (χ3n) is 4.63. The van der Waals surface area contributed by atoms with Crippen LogP contribution >= 0.6 is 0 Å². The molecule has 0 aliphatic rings. The lowest BCUT2D eigenvalue weighted by atomic mass is 10.1. The van der Waals surface area contributed by atoms with Crippen LogP contribution in [-0.2, 0) is 17.8 Å². The fourth-order valence-electron chi connectivity index (χ4n) is 3.09. The summed E-state index contributed by atoms with van der Waals surface area (Å²) in [4.78, 5) is 26.9. The van der Waals surface area contributed by atoms with E-state index >= 15 is 0 Å². The number of carbonyl (C=O) groups is 2. The molecule has 0 saturated carbocycles. The number of carbonyl (C=O) groups excluding carboxylic acids is 2. The number of nitrogens with zero attached hydrogens (tertiary/aromatic N) is 1. The summed E-state index contributed by atoms with van der Waals surface area (Å²) in [7, 11) is 0. The zero-order valence-corrected chi connectivity index (χ0v) is 16.7. The number of hydrogen-bond donors (Lipinski definition) is 1. The van der Waals surface area contributed by atoms with Crippen LogP contribution in [0, 0.1) is 0 Å². The summed E-state index contributed by atoms with van der Waals surface area (Å²) in [5.74, 6) is -0.0380. The van der Waals surface area contributed by atoms with Crippen molar-refractivity contribution in [1.82, 2.24) is 5.32 Å². The average molecular weight is 386 g/mol. The van der Waals surface area contributed by atoms with Crippen molar-refractivity contribution in [3.05, 3.63) is 102 Å². The van der Waals surface area contributed by atoms with Crippen LogP contribution in [0.2, 0.25) is 0 Å². The lowest BCUT2D eigenvalue weighted by Crippen LogP contribution is -2.30. The molecule has 0 spiro atoms. The number of nitrogens with one attached hydrogen (secondary N) is 1. The molecule has 0 radical (unpaired) electrons. The fourth-order valence-corrected chi connectivity index (χ4v) is 3.09. The Morgan fingerprint density at radius 1 is 0.793 bits per heavy atom. The van der Waals surface area contributed by atoms with Crippen LogP contribution in [-0.4, -0.2) is 18.4 Å². The topological polar surface area (TPSA) is 49.4 Å². The van der Waals surface area contributed by atoms with E-state index < -0.39 is 0 Å². The molecule has 1 N–H and O–H groups in total. The van der Waals surface area contributed by atoms with E-state index in [4.69, 9.17) is 0 Å². The van der Waals surface area contributed by atoms with Crippen molar-refractivity contribution in [3.63, 3.8) is 0 Å². The summed E-state index contributed by atoms with van der Waals surface area (Å²) in [6.07, 6.45) is 1.26. The normalized spacial score (nSPS) is 10.4. The molecule has 4 heteroatoms. The SMILES string of the molecule is CCCNC(=O)Cc1ccc(N(Cc2ccccc2)C(=O)c2ccccc2)cc1. The van der Waals surface area contributed by atoms with Gasteiger partial charge in [-0.05, 0) is 41.8 Å². The van der Waals surface area contributed by atoms with E-state index in [9.17, 15) is 9.59 Å². The highest BCUT2D eigenvalue weighted by molar-refractivity contribution is 6.06. The lowest BCUT2D eigenvalue weighted by Gasteiger charge is -2.23. The molecule has 0 aliphatic heterocycles. The second kappa shape index (κ2) is 10.2. The highest BCUT2D eigenvalue weighted by Crippen LogP contribution is 2.21. The molecule has 148 valence electrons. The van der Waals surface area contributed by atoms with Gasteiger partial charge in [0.25, 0.3) is 5.91 Å². The zero-order chi connectivity index (χ0) is 20.5. The molecule has 0 heterocycles. The van der Waals surface area contributed by atoms with Crippen molar-refractivity contribution < 1.29 is 9.59 Å². The number of anilines is 1. The van der Waals surface area contributed by atoms with Crippen molar-refractivity contribution in [1.29, 1.82) is 0 Å². The molecule has 0 unspecified atom stereocenters. The Morgan fingerprint density at radius 2 is 1.41 bits per heavy atom. The molecule has 2 amide bonds. The quantitative estimate of drug-likeness (QED) is 0.615. The number of rotatable bonds is 8. The predicted octanol–water partition coefficient (Wildman–Crippen LogP) is 4.60. The lowest BCUT2D eigenvalue weighted by molar-refractivity contribution is -0.120. The van der Waals surface area contributed by atoms with Crippen molar-refractivity contribution in [3.8, 4) is 0 Å². The fraction of sp³-hybridized carbons (Fsp3) is 0.200. The predicted molar refractivity (Wildman–Crippen MR) is 117 cm³/mol. The van der Waals surface area contributed by atoms with Gasteiger partial charge in [0.2, 0.25) is 5.91 Å². The van der Waals surface area contributed by atoms with Crippen molar-refractivity contribution in [2.45, 2.75) is 26.3 Å². The molecule has 0 aliphatic carbocycles. The third kappa shape index (κ3) is 5.79. The highest BCUT2D eigenvalue weighted by Gasteiger charge is 2.18. The Balaban J connectivity index is 1.82. The van der Waals surface area contributed by atoms with Gasteiger partial charge in [0, 0.05) is 17.8 Å². The van der Waals surface area contributed by atoms with Crippen LogP contribution < -0.4 is 10.2 Å². The maximum absolute atomic E-state index is 13.2. The van der Waals surface area contributed by atoms with Gasteiger partial charge in [-0.1, -0.05) is 67.6 Å². The van der Waals surface area contributed by atoms with Crippen LogP contribution in [0.4, 0.5) is 5.69 Å². The molecule has 0 bridgehead atoms. The summed E-state index contributed by atoms with van der Waals surface area (Å²) < 4.78 is 0. The number of hydrogen-bond acceptors (Lipinski definition) is 2. The molecular formula is C25H26N2O2. The van der Waals surface area contributed by atoms with E-state index in [1.54, 1.807) is 4.90 Å². The minimum atomic E-state index is -0.0529. The molecule has 0 aromatic heterocycles. The highest BCUT2D eigenvalue weighted by atomic mass is 16.2. The van der Waals surface area contributed by atoms with Gasteiger partial charge in [0.05, 0.1) is 13.0 Å². The van der Waals surface area contributed by atoms with Gasteiger partial charge in [-0.25, -0.2) is 0 Å². The molecule has 3 rings (SSSR count). The van der Waals surface area contributed by atoms with Crippen molar-refractivity contribution in [2.75, 3.05) is 11.4 Å². The maximum Gasteiger partial charge on any atom is 0.258 e. The van der Waals surface area contributed by atoms with Gasteiger partial charge in [0.15, 0.2) is 0 Å². The Morgan fingerprint density at radius 3 is 2.03 bits per heavy atom. The molecule has 0 atom stereocenters. The Kier molecular flexibility index (Phi) is 7.17. The standard InChI is InChI=1S/C25H26N2O2/c1-2-17-26-24(28)18-20-13-15-23(16-14-20)27(19-21-9-5-3-6-10-21)25(29)22-11-7-4-8-12-22/h3-16H,2,17-19H2,1H3,(H,26,28). The Labute approximate surface area is 172 Å². The van der Waals surface area contributed by atoms with E-state index in [-0.39, 0.29) is 11.8 Å². The van der Waals surface area contributed by atoms with Gasteiger partial charge in [-0.15, -0.1) is 0 Å². The molecule has 3 aromatic carbocycles. The molecule has 0 fully saturated rings. The summed E-state index contributed by atoms with van der Waals surface area (Å²) >= 11 is 0. The third-order valence-corrected chi connectivity index (χ3v) is 4.63. The van der Waals surface area contributed by atoms with Crippen molar-refractivity contribution >= 4 is 17.5 Å². The minimum Gasteiger partial charge on any atom is -0.356 e. The summed E-state index contributed by atoms with van der Waals surface area (Å²) in [6, 6.07) is 26.9. The number of benzene rings is 3. The van der Waals surface area contributed by atoms with Gasteiger partial charge in [-0.3, -0.25) is 9.59 Å². The second-order valence-electron chi connectivity index (χ2n) is 6.94. The average Bonchev–Trinajstić information content (AvgIpc) is 2.77. The van der Waals surface area contributed by atoms with E-state index in [0.717, 1.165) is 23.2 Å². The molecule has 29 heavy (non-hydrogen) atoms. The van der Waals surface area contributed by atoms with Gasteiger partial charge < -0.3 is 10.2 Å². The maximum atomic E-state index is 13.2. The van der Waals surface area contributed by atoms with Crippen LogP contribution in [0.5, 0.6) is 0 Å². The first-order valence-corrected chi connectivity index (χ1v) is 9.94. The first-order valence-electron chi connectivity index (χ1n) is 9.94. The van der Waals surface area contributed by atoms with E-state index in [0.29, 0.717) is 25.1 Å². The van der Waals surface area contributed by atoms with E-state index in [1.807, 2.05) is 91.9 Å². The molecule has 4 nitrogen and oxygen atoms in total. The zero-order valence-electron chi connectivity index (χ0n) is 16.7. The summed E-state index contributed by atoms with van der Waals surface area (Å²) in [6.45, 7) is 3.19. The molecular weight excluding hydrogens is 360 g/mol. The number of amides is 2. The van der Waals surface area contributed by atoms with Gasteiger partial charge in [-0.2, -0.15) is 0 Å². The van der Waals surface area contributed by atoms with E-state index in [1.165, 1.54) is 0 Å². The summed E-state index contributed by atoms with van der Waals surface area (Å²) in [5.41, 5.74) is 3.43. The van der Waals surface area contributed by atoms with Gasteiger partial charge in [0.1, 0.15) is 0 Å². The van der Waals surface area contributed by atoms with Crippen LogP contribution in [0.25, 0.3) is 0 Å². The van der Waals surface area contributed by atoms with E-state index in [2.05, 4.69) is 5.32 Å². The van der Waals surface area contributed by atoms with Crippen LogP contribution in [0.3, 0.4) is 0 Å². The van der Waals surface area contributed by atoms with Crippen molar-refractivity contribution in [2.24, 2.45) is 0 Å². The summed E-state index contributed by atoms with van der Waals surface area (Å²) in [5, 5.41) is 2.89. The molecule has 0 saturated heterocycles. The van der Waals surface area contributed by atoms with Crippen LogP contribution in [0.15, 0.2) is 84.9 Å². The minimum absolute atomic E-state index is 0.0149. The monoisotopic (exact) mass is 386 g/mol. The first-order chi connectivity index (χ1) is 14.2. The Bertz CT molecular complexity index is 922. The molecule has 3 aromatic rings. The first kappa shape index (κ1) is 20.3. The smallest absolute Gasteiger partial charge is 0.258 e. The Hall–Kier alpha value is -3.40. The largest absolute Gasteiger partial charge is 0.356 e. The van der Waals surface area contributed by atoms with Crippen LogP contribution in [0.1, 0.15) is 34.8 Å².